The summed E-state index contributed by atoms with van der Waals surface area (Å²) in [7, 11) is -3.44. The molecule has 1 rings (SSSR count). The summed E-state index contributed by atoms with van der Waals surface area (Å²) >= 11 is 3.23. The van der Waals surface area contributed by atoms with Crippen LogP contribution in [0.1, 0.15) is 18.9 Å². The van der Waals surface area contributed by atoms with Crippen LogP contribution in [0.3, 0.4) is 0 Å². The maximum atomic E-state index is 11.9. The Bertz CT molecular complexity index is 460. The van der Waals surface area contributed by atoms with Gasteiger partial charge in [0.15, 0.2) is 0 Å². The average Bonchev–Trinajstić information content (AvgIpc) is 2.27. The minimum atomic E-state index is -3.44. The summed E-state index contributed by atoms with van der Waals surface area (Å²) in [5.41, 5.74) is 6.27. The molecule has 6 heteroatoms. The molecule has 0 radical (unpaired) electrons. The smallest absolute Gasteiger partial charge is 0.241 e. The molecule has 0 amide bonds. The van der Waals surface area contributed by atoms with Crippen LogP contribution in [0.2, 0.25) is 0 Å². The highest BCUT2D eigenvalue weighted by atomic mass is 79.9. The van der Waals surface area contributed by atoms with E-state index in [1.54, 1.807) is 18.2 Å². The number of sulfonamides is 1. The number of hydrogen-bond donors (Lipinski definition) is 2. The van der Waals surface area contributed by atoms with Gasteiger partial charge in [-0.25, -0.2) is 13.1 Å². The Morgan fingerprint density at radius 3 is 2.69 bits per heavy atom. The molecule has 0 aromatic heterocycles. The zero-order chi connectivity index (χ0) is 12.2. The third-order valence-electron chi connectivity index (χ3n) is 2.06. The minimum absolute atomic E-state index is 0.240. The monoisotopic (exact) mass is 306 g/mol. The van der Waals surface area contributed by atoms with Crippen molar-refractivity contribution < 1.29 is 8.42 Å². The quantitative estimate of drug-likeness (QED) is 0.868. The normalized spacial score (nSPS) is 11.7. The third kappa shape index (κ3) is 3.28. The van der Waals surface area contributed by atoms with Crippen molar-refractivity contribution in [2.75, 3.05) is 6.54 Å². The average molecular weight is 307 g/mol. The van der Waals surface area contributed by atoms with Crippen molar-refractivity contribution in [3.8, 4) is 0 Å². The predicted molar refractivity (Wildman–Crippen MR) is 67.5 cm³/mol. The second kappa shape index (κ2) is 5.77. The molecular weight excluding hydrogens is 292 g/mol. The highest BCUT2D eigenvalue weighted by Gasteiger charge is 2.16. The molecule has 1 aromatic rings. The first-order valence-electron chi connectivity index (χ1n) is 4.99. The van der Waals surface area contributed by atoms with E-state index in [-0.39, 0.29) is 4.90 Å². The maximum absolute atomic E-state index is 11.9. The standard InChI is InChI=1S/C10H15BrN2O2S/c1-2-5-13-16(14,15)10-6-8(7-12)3-4-9(10)11/h3-4,6,13H,2,5,7,12H2,1H3. The lowest BCUT2D eigenvalue weighted by molar-refractivity contribution is 0.580. The number of rotatable bonds is 5. The maximum Gasteiger partial charge on any atom is 0.241 e. The molecule has 16 heavy (non-hydrogen) atoms. The highest BCUT2D eigenvalue weighted by Crippen LogP contribution is 2.22. The van der Waals surface area contributed by atoms with E-state index in [1.807, 2.05) is 6.92 Å². The first-order chi connectivity index (χ1) is 7.51. The fraction of sp³-hybridized carbons (Fsp3) is 0.400. The molecule has 1 aromatic carbocycles. The van der Waals surface area contributed by atoms with Gasteiger partial charge in [-0.1, -0.05) is 13.0 Å². The second-order valence-electron chi connectivity index (χ2n) is 3.37. The van der Waals surface area contributed by atoms with Crippen LogP contribution in [0, 0.1) is 0 Å². The Labute approximate surface area is 104 Å². The largest absolute Gasteiger partial charge is 0.326 e. The Balaban J connectivity index is 3.11. The Hall–Kier alpha value is -0.430. The van der Waals surface area contributed by atoms with E-state index >= 15 is 0 Å². The molecule has 0 aliphatic carbocycles. The molecule has 0 aliphatic heterocycles. The van der Waals surface area contributed by atoms with E-state index in [0.29, 0.717) is 17.6 Å². The Morgan fingerprint density at radius 2 is 2.12 bits per heavy atom. The molecule has 0 fully saturated rings. The zero-order valence-corrected chi connectivity index (χ0v) is 11.4. The van der Waals surface area contributed by atoms with Gasteiger partial charge in [0.2, 0.25) is 10.0 Å². The number of benzene rings is 1. The third-order valence-corrected chi connectivity index (χ3v) is 4.52. The molecular formula is C10H15BrN2O2S. The molecule has 3 N–H and O–H groups in total. The molecule has 0 saturated carbocycles. The lowest BCUT2D eigenvalue weighted by atomic mass is 10.2. The van der Waals surface area contributed by atoms with Crippen molar-refractivity contribution in [2.24, 2.45) is 5.73 Å². The van der Waals surface area contributed by atoms with E-state index in [1.165, 1.54) is 0 Å². The first kappa shape index (κ1) is 13.6. The molecule has 4 nitrogen and oxygen atoms in total. The Morgan fingerprint density at radius 1 is 1.44 bits per heavy atom. The van der Waals surface area contributed by atoms with Crippen LogP contribution in [0.15, 0.2) is 27.6 Å². The summed E-state index contributed by atoms with van der Waals surface area (Å²) in [5, 5.41) is 0. The van der Waals surface area contributed by atoms with Gasteiger partial charge in [-0.3, -0.25) is 0 Å². The van der Waals surface area contributed by atoms with Crippen molar-refractivity contribution >= 4 is 26.0 Å². The fourth-order valence-corrected chi connectivity index (χ4v) is 3.34. The highest BCUT2D eigenvalue weighted by molar-refractivity contribution is 9.10. The van der Waals surface area contributed by atoms with Gasteiger partial charge in [0.25, 0.3) is 0 Å². The molecule has 0 heterocycles. The number of nitrogens with one attached hydrogen (secondary N) is 1. The Kier molecular flexibility index (Phi) is 4.91. The van der Waals surface area contributed by atoms with Crippen molar-refractivity contribution in [3.05, 3.63) is 28.2 Å². The topological polar surface area (TPSA) is 72.2 Å². The summed E-state index contributed by atoms with van der Waals surface area (Å²) in [6, 6.07) is 5.08. The van der Waals surface area contributed by atoms with Gasteiger partial charge in [-0.05, 0) is 40.0 Å². The van der Waals surface area contributed by atoms with E-state index in [4.69, 9.17) is 5.73 Å². The summed E-state index contributed by atoms with van der Waals surface area (Å²) < 4.78 is 26.9. The van der Waals surface area contributed by atoms with Crippen LogP contribution in [0.4, 0.5) is 0 Å². The number of halogens is 1. The van der Waals surface area contributed by atoms with Gasteiger partial charge in [0, 0.05) is 17.6 Å². The van der Waals surface area contributed by atoms with Crippen LogP contribution < -0.4 is 10.5 Å². The van der Waals surface area contributed by atoms with Gasteiger partial charge in [0.05, 0.1) is 4.90 Å². The van der Waals surface area contributed by atoms with Crippen LogP contribution in [0.25, 0.3) is 0 Å². The molecule has 0 atom stereocenters. The van der Waals surface area contributed by atoms with E-state index < -0.39 is 10.0 Å². The van der Waals surface area contributed by atoms with Gasteiger partial charge in [-0.2, -0.15) is 0 Å². The molecule has 0 unspecified atom stereocenters. The predicted octanol–water partition coefficient (Wildman–Crippen LogP) is 1.60. The molecule has 0 saturated heterocycles. The summed E-state index contributed by atoms with van der Waals surface area (Å²) in [6.07, 6.45) is 0.757. The molecule has 0 bridgehead atoms. The van der Waals surface area contributed by atoms with Crippen LogP contribution >= 0.6 is 15.9 Å². The van der Waals surface area contributed by atoms with Crippen LogP contribution in [-0.2, 0) is 16.6 Å². The van der Waals surface area contributed by atoms with E-state index in [0.717, 1.165) is 12.0 Å². The van der Waals surface area contributed by atoms with E-state index in [2.05, 4.69) is 20.7 Å². The zero-order valence-electron chi connectivity index (χ0n) is 9.03. The fourth-order valence-electron chi connectivity index (χ4n) is 1.19. The second-order valence-corrected chi connectivity index (χ2v) is 5.96. The SMILES string of the molecule is CCCNS(=O)(=O)c1cc(CN)ccc1Br. The van der Waals surface area contributed by atoms with E-state index in [9.17, 15) is 8.42 Å². The van der Waals surface area contributed by atoms with Crippen molar-refractivity contribution in [1.82, 2.24) is 4.72 Å². The van der Waals surface area contributed by atoms with Crippen LogP contribution in [-0.4, -0.2) is 15.0 Å². The van der Waals surface area contributed by atoms with Gasteiger partial charge < -0.3 is 5.73 Å². The number of nitrogens with two attached hydrogens (primary N) is 1. The molecule has 90 valence electrons. The van der Waals surface area contributed by atoms with Gasteiger partial charge in [0.1, 0.15) is 0 Å². The minimum Gasteiger partial charge on any atom is -0.326 e. The van der Waals surface area contributed by atoms with Gasteiger partial charge >= 0.3 is 0 Å². The lowest BCUT2D eigenvalue weighted by Crippen LogP contribution is -2.25. The number of hydrogen-bond acceptors (Lipinski definition) is 3. The lowest BCUT2D eigenvalue weighted by Gasteiger charge is -2.09. The van der Waals surface area contributed by atoms with Crippen molar-refractivity contribution in [3.63, 3.8) is 0 Å². The van der Waals surface area contributed by atoms with Crippen molar-refractivity contribution in [2.45, 2.75) is 24.8 Å². The first-order valence-corrected chi connectivity index (χ1v) is 7.27. The van der Waals surface area contributed by atoms with Gasteiger partial charge in [-0.15, -0.1) is 0 Å². The van der Waals surface area contributed by atoms with Crippen LogP contribution in [0.5, 0.6) is 0 Å². The molecule has 0 spiro atoms. The van der Waals surface area contributed by atoms with Crippen molar-refractivity contribution in [1.29, 1.82) is 0 Å². The summed E-state index contributed by atoms with van der Waals surface area (Å²) in [6.45, 7) is 2.67. The summed E-state index contributed by atoms with van der Waals surface area (Å²) in [5.74, 6) is 0. The summed E-state index contributed by atoms with van der Waals surface area (Å²) in [4.78, 5) is 0.240. The molecule has 0 aliphatic rings.